The number of nitrogens with one attached hydrogen (secondary N) is 3. The maximum absolute atomic E-state index is 13.3. The third-order valence-corrected chi connectivity index (χ3v) is 6.39. The molecule has 36 heavy (non-hydrogen) atoms. The van der Waals surface area contributed by atoms with Gasteiger partial charge in [0.2, 0.25) is 5.91 Å². The van der Waals surface area contributed by atoms with Gasteiger partial charge in [0.25, 0.3) is 5.91 Å². The third-order valence-electron chi connectivity index (χ3n) is 6.39. The number of hydrogen-bond donors (Lipinski definition) is 3. The zero-order valence-corrected chi connectivity index (χ0v) is 21.3. The Morgan fingerprint density at radius 3 is 2.67 bits per heavy atom. The fourth-order valence-electron chi connectivity index (χ4n) is 4.67. The molecule has 2 aliphatic heterocycles. The summed E-state index contributed by atoms with van der Waals surface area (Å²) in [5.74, 6) is 0.0766. The molecular weight excluding hydrogens is 464 g/mol. The van der Waals surface area contributed by atoms with Crippen molar-refractivity contribution in [2.45, 2.75) is 64.3 Å². The van der Waals surface area contributed by atoms with Gasteiger partial charge >= 0.3 is 6.03 Å². The quantitative estimate of drug-likeness (QED) is 0.582. The van der Waals surface area contributed by atoms with E-state index in [2.05, 4.69) is 21.0 Å². The van der Waals surface area contributed by atoms with Crippen LogP contribution >= 0.6 is 0 Å². The molecule has 0 saturated carbocycles. The second-order valence-corrected chi connectivity index (χ2v) is 9.69. The number of amides is 4. The number of rotatable bonds is 5. The van der Waals surface area contributed by atoms with E-state index < -0.39 is 0 Å². The van der Waals surface area contributed by atoms with Gasteiger partial charge < -0.3 is 30.3 Å². The van der Waals surface area contributed by atoms with Gasteiger partial charge in [0.15, 0.2) is 0 Å². The first-order valence-electron chi connectivity index (χ1n) is 12.2. The number of ether oxygens (including phenoxy) is 2. The molecule has 194 valence electrons. The smallest absolute Gasteiger partial charge is 0.319 e. The van der Waals surface area contributed by atoms with Crippen molar-refractivity contribution in [2.75, 3.05) is 24.3 Å². The fraction of sp³-hybridized carbons (Fsp3) is 0.520. The number of carbonyl (C=O) groups excluding carboxylic acids is 3. The monoisotopic (exact) mass is 498 g/mol. The molecule has 3 atom stereocenters. The second kappa shape index (κ2) is 10.6. The molecule has 0 unspecified atom stereocenters. The number of anilines is 2. The number of likely N-dealkylation sites (N-methyl/N-ethyl adjacent to an activating group) is 1. The van der Waals surface area contributed by atoms with Crippen molar-refractivity contribution < 1.29 is 23.9 Å². The van der Waals surface area contributed by atoms with Crippen molar-refractivity contribution in [1.82, 2.24) is 20.0 Å². The van der Waals surface area contributed by atoms with Gasteiger partial charge in [-0.1, -0.05) is 0 Å². The first-order valence-corrected chi connectivity index (χ1v) is 12.2. The predicted molar refractivity (Wildman–Crippen MR) is 134 cm³/mol. The van der Waals surface area contributed by atoms with Crippen LogP contribution in [-0.4, -0.2) is 70.5 Å². The van der Waals surface area contributed by atoms with Crippen molar-refractivity contribution in [2.24, 2.45) is 7.05 Å². The number of urea groups is 1. The van der Waals surface area contributed by atoms with Crippen LogP contribution in [0.3, 0.4) is 0 Å². The molecule has 0 aliphatic carbocycles. The zero-order chi connectivity index (χ0) is 26.0. The number of fused-ring (bicyclic) bond motifs is 2. The van der Waals surface area contributed by atoms with Crippen LogP contribution in [0.2, 0.25) is 0 Å². The molecule has 1 aromatic carbocycles. The lowest BCUT2D eigenvalue weighted by atomic mass is 9.94. The van der Waals surface area contributed by atoms with Crippen LogP contribution in [0.1, 0.15) is 49.2 Å². The highest BCUT2D eigenvalue weighted by Crippen LogP contribution is 2.32. The number of aromatic nitrogens is 2. The molecule has 2 aliphatic rings. The Balaban J connectivity index is 1.42. The number of benzene rings is 1. The van der Waals surface area contributed by atoms with Gasteiger partial charge in [0, 0.05) is 32.0 Å². The summed E-state index contributed by atoms with van der Waals surface area (Å²) in [7, 11) is 3.56. The maximum Gasteiger partial charge on any atom is 0.319 e. The third kappa shape index (κ3) is 5.78. The van der Waals surface area contributed by atoms with Gasteiger partial charge in [-0.3, -0.25) is 14.3 Å². The molecule has 4 rings (SSSR count). The number of carbonyl (C=O) groups is 3. The average Bonchev–Trinajstić information content (AvgIpc) is 3.12. The van der Waals surface area contributed by atoms with Gasteiger partial charge in [-0.05, 0) is 51.8 Å². The first-order chi connectivity index (χ1) is 17.1. The van der Waals surface area contributed by atoms with Crippen molar-refractivity contribution >= 4 is 29.2 Å². The predicted octanol–water partition coefficient (Wildman–Crippen LogP) is 2.67. The van der Waals surface area contributed by atoms with Crippen molar-refractivity contribution in [3.8, 4) is 5.75 Å². The molecule has 0 bridgehead atoms. The molecule has 3 N–H and O–H groups in total. The van der Waals surface area contributed by atoms with Gasteiger partial charge in [-0.15, -0.1) is 0 Å². The van der Waals surface area contributed by atoms with Crippen molar-refractivity contribution in [3.05, 3.63) is 35.7 Å². The molecule has 3 heterocycles. The average molecular weight is 499 g/mol. The lowest BCUT2D eigenvalue weighted by Gasteiger charge is -2.42. The van der Waals surface area contributed by atoms with E-state index >= 15 is 0 Å². The van der Waals surface area contributed by atoms with Crippen molar-refractivity contribution in [3.63, 3.8) is 0 Å². The Hall–Kier alpha value is -3.60. The summed E-state index contributed by atoms with van der Waals surface area (Å²) in [4.78, 5) is 39.7. The standard InChI is InChI=1S/C25H34N6O5/c1-14(2)26-25(34)27-16-6-9-21-18(10-16)24(33)31(5)20-8-7-17(36-22(20)13-35-21)11-23(32)28-19-12-30(4)29-15(19)3/h6,9-10,12,14,17,20,22H,7-8,11,13H2,1-5H3,(H,28,32)(H2,26,27,34)/t17-,20+,22-/m0/s1. The Morgan fingerprint density at radius 2 is 1.97 bits per heavy atom. The van der Waals surface area contributed by atoms with Gasteiger partial charge in [-0.2, -0.15) is 5.10 Å². The largest absolute Gasteiger partial charge is 0.490 e. The number of nitrogens with zero attached hydrogens (tertiary/aromatic N) is 3. The lowest BCUT2D eigenvalue weighted by molar-refractivity contribution is -0.130. The fourth-order valence-corrected chi connectivity index (χ4v) is 4.67. The molecule has 0 spiro atoms. The van der Waals surface area contributed by atoms with E-state index in [4.69, 9.17) is 9.47 Å². The first kappa shape index (κ1) is 25.5. The second-order valence-electron chi connectivity index (χ2n) is 9.69. The van der Waals surface area contributed by atoms with E-state index in [0.29, 0.717) is 35.5 Å². The van der Waals surface area contributed by atoms with Crippen LogP contribution in [0.15, 0.2) is 24.4 Å². The Labute approximate surface area is 210 Å². The SMILES string of the molecule is Cc1nn(C)cc1NC(=O)C[C@@H]1CC[C@@H]2[C@H](COc3ccc(NC(=O)NC(C)C)cc3C(=O)N2C)O1. The van der Waals surface area contributed by atoms with Crippen LogP contribution in [0, 0.1) is 6.92 Å². The van der Waals surface area contributed by atoms with Crippen LogP contribution in [-0.2, 0) is 16.6 Å². The Morgan fingerprint density at radius 1 is 1.19 bits per heavy atom. The van der Waals surface area contributed by atoms with E-state index in [1.54, 1.807) is 48.1 Å². The summed E-state index contributed by atoms with van der Waals surface area (Å²) < 4.78 is 13.9. The maximum atomic E-state index is 13.3. The topological polar surface area (TPSA) is 127 Å². The van der Waals surface area contributed by atoms with Crippen LogP contribution in [0.4, 0.5) is 16.2 Å². The molecule has 0 radical (unpaired) electrons. The summed E-state index contributed by atoms with van der Waals surface area (Å²) in [6.07, 6.45) is 2.66. The summed E-state index contributed by atoms with van der Waals surface area (Å²) in [6, 6.07) is 4.46. The van der Waals surface area contributed by atoms with E-state index in [1.165, 1.54) is 0 Å². The zero-order valence-electron chi connectivity index (χ0n) is 21.3. The number of aryl methyl sites for hydroxylation is 2. The highest BCUT2D eigenvalue weighted by molar-refractivity contribution is 5.99. The van der Waals surface area contributed by atoms with Crippen LogP contribution < -0.4 is 20.7 Å². The van der Waals surface area contributed by atoms with E-state index in [-0.39, 0.29) is 55.2 Å². The highest BCUT2D eigenvalue weighted by atomic mass is 16.5. The number of hydrogen-bond acceptors (Lipinski definition) is 6. The van der Waals surface area contributed by atoms with E-state index in [0.717, 1.165) is 5.69 Å². The van der Waals surface area contributed by atoms with Crippen molar-refractivity contribution in [1.29, 1.82) is 0 Å². The molecule has 11 heteroatoms. The summed E-state index contributed by atoms with van der Waals surface area (Å²) in [5.41, 5.74) is 2.32. The summed E-state index contributed by atoms with van der Waals surface area (Å²) in [5, 5.41) is 12.7. The Kier molecular flexibility index (Phi) is 7.48. The molecule has 1 aromatic heterocycles. The lowest BCUT2D eigenvalue weighted by Crippen LogP contribution is -2.53. The molecule has 1 saturated heterocycles. The van der Waals surface area contributed by atoms with E-state index in [9.17, 15) is 14.4 Å². The van der Waals surface area contributed by atoms with Crippen LogP contribution in [0.5, 0.6) is 5.75 Å². The molecule has 2 aromatic rings. The minimum atomic E-state index is -0.367. The van der Waals surface area contributed by atoms with Gasteiger partial charge in [0.05, 0.1) is 35.5 Å². The molecular formula is C25H34N6O5. The van der Waals surface area contributed by atoms with Gasteiger partial charge in [0.1, 0.15) is 18.5 Å². The Bertz CT molecular complexity index is 1150. The molecule has 11 nitrogen and oxygen atoms in total. The molecule has 4 amide bonds. The summed E-state index contributed by atoms with van der Waals surface area (Å²) >= 11 is 0. The van der Waals surface area contributed by atoms with Crippen LogP contribution in [0.25, 0.3) is 0 Å². The highest BCUT2D eigenvalue weighted by Gasteiger charge is 2.39. The van der Waals surface area contributed by atoms with Gasteiger partial charge in [-0.25, -0.2) is 4.79 Å². The minimum Gasteiger partial charge on any atom is -0.490 e. The van der Waals surface area contributed by atoms with E-state index in [1.807, 2.05) is 20.8 Å². The minimum absolute atomic E-state index is 0.0111. The summed E-state index contributed by atoms with van der Waals surface area (Å²) in [6.45, 7) is 5.82. The normalized spacial score (nSPS) is 21.6. The molecule has 1 fully saturated rings.